The van der Waals surface area contributed by atoms with Crippen LogP contribution in [0, 0.1) is 27.7 Å². The number of nitrogens with zero attached hydrogens (tertiary/aromatic N) is 1. The normalized spacial score (nSPS) is 10.9. The van der Waals surface area contributed by atoms with Crippen LogP contribution in [0.2, 0.25) is 0 Å². The predicted molar refractivity (Wildman–Crippen MR) is 73.6 cm³/mol. The molecule has 2 rings (SSSR count). The highest BCUT2D eigenvalue weighted by molar-refractivity contribution is 5.71. The van der Waals surface area contributed by atoms with Crippen molar-refractivity contribution < 1.29 is 4.42 Å². The first-order valence-corrected chi connectivity index (χ1v) is 6.26. The zero-order valence-electron chi connectivity index (χ0n) is 11.5. The Bertz CT molecular complexity index is 544. The van der Waals surface area contributed by atoms with E-state index in [1.807, 2.05) is 0 Å². The van der Waals surface area contributed by atoms with Crippen LogP contribution >= 0.6 is 0 Å². The van der Waals surface area contributed by atoms with E-state index in [1.54, 1.807) is 0 Å². The number of aryl methyl sites for hydroxylation is 2. The molecule has 1 aromatic heterocycles. The van der Waals surface area contributed by atoms with Gasteiger partial charge in [0.25, 0.3) is 0 Å². The summed E-state index contributed by atoms with van der Waals surface area (Å²) in [6, 6.07) is 2.22. The average molecular weight is 244 g/mol. The molecule has 2 aromatic rings. The van der Waals surface area contributed by atoms with E-state index in [1.165, 1.54) is 34.2 Å². The molecule has 0 saturated carbocycles. The molecule has 0 aliphatic heterocycles. The summed E-state index contributed by atoms with van der Waals surface area (Å²) >= 11 is 0. The molecule has 0 atom stereocenters. The van der Waals surface area contributed by atoms with Crippen LogP contribution in [-0.2, 0) is 6.42 Å². The number of hydrogen-bond acceptors (Lipinski definition) is 3. The van der Waals surface area contributed by atoms with Crippen molar-refractivity contribution in [3.05, 3.63) is 40.5 Å². The molecule has 0 bridgehead atoms. The van der Waals surface area contributed by atoms with Gasteiger partial charge in [0.1, 0.15) is 11.5 Å². The third-order valence-corrected chi connectivity index (χ3v) is 3.62. The summed E-state index contributed by atoms with van der Waals surface area (Å²) in [6.07, 6.45) is 2.23. The number of rotatable bonds is 3. The van der Waals surface area contributed by atoms with Gasteiger partial charge in [0.05, 0.1) is 0 Å². The maximum Gasteiger partial charge on any atom is 0.181 e. The van der Waals surface area contributed by atoms with E-state index in [-0.39, 0.29) is 0 Å². The zero-order chi connectivity index (χ0) is 13.3. The van der Waals surface area contributed by atoms with Crippen molar-refractivity contribution >= 4 is 0 Å². The largest absolute Gasteiger partial charge is 0.448 e. The van der Waals surface area contributed by atoms with Crippen LogP contribution in [-0.4, -0.2) is 11.5 Å². The van der Waals surface area contributed by atoms with Crippen LogP contribution < -0.4 is 5.73 Å². The van der Waals surface area contributed by atoms with Crippen molar-refractivity contribution in [2.45, 2.75) is 34.1 Å². The molecule has 18 heavy (non-hydrogen) atoms. The molecule has 0 amide bonds. The summed E-state index contributed by atoms with van der Waals surface area (Å²) in [6.45, 7) is 9.11. The molecule has 0 fully saturated rings. The summed E-state index contributed by atoms with van der Waals surface area (Å²) in [4.78, 5) is 4.39. The lowest BCUT2D eigenvalue weighted by atomic mass is 9.91. The fourth-order valence-electron chi connectivity index (χ4n) is 2.35. The molecule has 96 valence electrons. The Morgan fingerprint density at radius 2 is 1.72 bits per heavy atom. The Balaban J connectivity index is 2.66. The first-order valence-electron chi connectivity index (χ1n) is 6.26. The highest BCUT2D eigenvalue weighted by atomic mass is 16.3. The summed E-state index contributed by atoms with van der Waals surface area (Å²) in [7, 11) is 0. The van der Waals surface area contributed by atoms with Gasteiger partial charge >= 0.3 is 0 Å². The maximum absolute atomic E-state index is 5.61. The van der Waals surface area contributed by atoms with Gasteiger partial charge in [-0.15, -0.1) is 0 Å². The molecule has 1 aromatic carbocycles. The van der Waals surface area contributed by atoms with Gasteiger partial charge in [-0.25, -0.2) is 4.98 Å². The van der Waals surface area contributed by atoms with Gasteiger partial charge < -0.3 is 10.2 Å². The highest BCUT2D eigenvalue weighted by Gasteiger charge is 2.17. The predicted octanol–water partition coefficient (Wildman–Crippen LogP) is 3.08. The van der Waals surface area contributed by atoms with E-state index in [0.717, 1.165) is 17.9 Å². The first kappa shape index (κ1) is 12.8. The number of benzene rings is 1. The van der Waals surface area contributed by atoms with Crippen LogP contribution in [0.15, 0.2) is 16.9 Å². The van der Waals surface area contributed by atoms with Gasteiger partial charge in [-0.3, -0.25) is 0 Å². The molecule has 2 N–H and O–H groups in total. The van der Waals surface area contributed by atoms with Crippen molar-refractivity contribution in [2.24, 2.45) is 5.73 Å². The quantitative estimate of drug-likeness (QED) is 0.902. The standard InChI is InChI=1S/C15H20N2O/c1-9-7-10(2)12(4)14(11(9)3)15-13(5-6-16)18-8-17-15/h7-8H,5-6,16H2,1-4H3. The molecule has 0 aliphatic rings. The monoisotopic (exact) mass is 244 g/mol. The van der Waals surface area contributed by atoms with Crippen molar-refractivity contribution in [2.75, 3.05) is 6.54 Å². The second kappa shape index (κ2) is 4.94. The lowest BCUT2D eigenvalue weighted by Gasteiger charge is -2.14. The van der Waals surface area contributed by atoms with Gasteiger partial charge in [0.15, 0.2) is 6.39 Å². The van der Waals surface area contributed by atoms with Crippen LogP contribution in [0.5, 0.6) is 0 Å². The molecule has 0 radical (unpaired) electrons. The Hall–Kier alpha value is -1.61. The van der Waals surface area contributed by atoms with Crippen LogP contribution in [0.4, 0.5) is 0 Å². The third-order valence-electron chi connectivity index (χ3n) is 3.62. The van der Waals surface area contributed by atoms with Crippen LogP contribution in [0.25, 0.3) is 11.3 Å². The van der Waals surface area contributed by atoms with Crippen molar-refractivity contribution in [3.8, 4) is 11.3 Å². The second-order valence-electron chi connectivity index (χ2n) is 4.80. The van der Waals surface area contributed by atoms with Crippen LogP contribution in [0.1, 0.15) is 28.0 Å². The SMILES string of the molecule is Cc1cc(C)c(C)c(-c2ncoc2CCN)c1C. The van der Waals surface area contributed by atoms with E-state index >= 15 is 0 Å². The van der Waals surface area contributed by atoms with Crippen LogP contribution in [0.3, 0.4) is 0 Å². The lowest BCUT2D eigenvalue weighted by Crippen LogP contribution is -2.04. The summed E-state index contributed by atoms with van der Waals surface area (Å²) in [5, 5.41) is 0. The van der Waals surface area contributed by atoms with Crippen molar-refractivity contribution in [1.29, 1.82) is 0 Å². The van der Waals surface area contributed by atoms with E-state index < -0.39 is 0 Å². The number of nitrogens with two attached hydrogens (primary N) is 1. The molecule has 1 heterocycles. The number of aromatic nitrogens is 1. The highest BCUT2D eigenvalue weighted by Crippen LogP contribution is 2.32. The number of oxazole rings is 1. The fraction of sp³-hybridized carbons (Fsp3) is 0.400. The van der Waals surface area contributed by atoms with E-state index in [0.29, 0.717) is 6.54 Å². The second-order valence-corrected chi connectivity index (χ2v) is 4.80. The summed E-state index contributed by atoms with van der Waals surface area (Å²) in [5.74, 6) is 0.883. The molecule has 3 nitrogen and oxygen atoms in total. The fourth-order valence-corrected chi connectivity index (χ4v) is 2.35. The molecule has 0 saturated heterocycles. The Labute approximate surface area is 108 Å². The molecular formula is C15H20N2O. The van der Waals surface area contributed by atoms with Gasteiger partial charge in [0.2, 0.25) is 0 Å². The molecule has 0 aliphatic carbocycles. The van der Waals surface area contributed by atoms with E-state index in [4.69, 9.17) is 10.2 Å². The molecular weight excluding hydrogens is 224 g/mol. The van der Waals surface area contributed by atoms with Crippen molar-refractivity contribution in [1.82, 2.24) is 4.98 Å². The minimum Gasteiger partial charge on any atom is -0.448 e. The Morgan fingerprint density at radius 3 is 2.28 bits per heavy atom. The summed E-state index contributed by atoms with van der Waals surface area (Å²) < 4.78 is 5.46. The maximum atomic E-state index is 5.61. The third kappa shape index (κ3) is 2.06. The molecule has 0 unspecified atom stereocenters. The Morgan fingerprint density at radius 1 is 1.11 bits per heavy atom. The molecule has 3 heteroatoms. The minimum absolute atomic E-state index is 0.574. The van der Waals surface area contributed by atoms with E-state index in [9.17, 15) is 0 Å². The zero-order valence-corrected chi connectivity index (χ0v) is 11.5. The van der Waals surface area contributed by atoms with Gasteiger partial charge in [0, 0.05) is 12.0 Å². The topological polar surface area (TPSA) is 52.0 Å². The van der Waals surface area contributed by atoms with Gasteiger partial charge in [-0.1, -0.05) is 6.07 Å². The first-order chi connectivity index (χ1) is 8.56. The smallest absolute Gasteiger partial charge is 0.181 e. The van der Waals surface area contributed by atoms with Gasteiger partial charge in [-0.2, -0.15) is 0 Å². The lowest BCUT2D eigenvalue weighted by molar-refractivity contribution is 0.506. The minimum atomic E-state index is 0.574. The number of hydrogen-bond donors (Lipinski definition) is 1. The molecule has 0 spiro atoms. The van der Waals surface area contributed by atoms with E-state index in [2.05, 4.69) is 38.7 Å². The summed E-state index contributed by atoms with van der Waals surface area (Å²) in [5.41, 5.74) is 12.9. The Kier molecular flexibility index (Phi) is 3.53. The van der Waals surface area contributed by atoms with Gasteiger partial charge in [-0.05, 0) is 56.5 Å². The average Bonchev–Trinajstić information content (AvgIpc) is 2.76. The van der Waals surface area contributed by atoms with Crippen molar-refractivity contribution in [3.63, 3.8) is 0 Å².